The second-order valence-corrected chi connectivity index (χ2v) is 14.0. The maximum absolute atomic E-state index is 14.7. The molecule has 16 nitrogen and oxygen atoms in total. The lowest BCUT2D eigenvalue weighted by Crippen LogP contribution is -2.66. The van der Waals surface area contributed by atoms with Crippen molar-refractivity contribution in [3.05, 3.63) is 83.9 Å². The van der Waals surface area contributed by atoms with Gasteiger partial charge in [0.2, 0.25) is 10.0 Å². The van der Waals surface area contributed by atoms with Gasteiger partial charge in [0.15, 0.2) is 30.3 Å². The van der Waals surface area contributed by atoms with Crippen LogP contribution in [0, 0.1) is 0 Å². The number of esters is 5. The van der Waals surface area contributed by atoms with E-state index in [4.69, 9.17) is 33.2 Å². The van der Waals surface area contributed by atoms with Gasteiger partial charge in [-0.05, 0) is 36.2 Å². The molecule has 55 heavy (non-hydrogen) atoms. The molecule has 5 atom stereocenters. The molecule has 0 spiro atoms. The lowest BCUT2D eigenvalue weighted by molar-refractivity contribution is -0.254. The van der Waals surface area contributed by atoms with Crippen molar-refractivity contribution in [1.82, 2.24) is 4.72 Å². The van der Waals surface area contributed by atoms with Crippen molar-refractivity contribution < 1.29 is 65.5 Å². The quantitative estimate of drug-likeness (QED) is 0.110. The number of hydrogen-bond donors (Lipinski definition) is 2. The Bertz CT molecular complexity index is 1920. The summed E-state index contributed by atoms with van der Waals surface area (Å²) < 4.78 is 70.8. The third-order valence-corrected chi connectivity index (χ3v) is 9.29. The number of anilines is 1. The number of ether oxygens (including phenoxy) is 7. The molecule has 1 unspecified atom stereocenters. The van der Waals surface area contributed by atoms with E-state index < -0.39 is 82.0 Å². The first-order valence-electron chi connectivity index (χ1n) is 17.4. The average Bonchev–Trinajstić information content (AvgIpc) is 3.13. The standard InChI is InChI=1S/C38H44N2O14S/c1-6-7-18-39-30-19-28(38(45)49-21-27-14-10-8-11-15-27)20-32(33(30)53-29-16-12-9-13-17-29)55(46,47)40-37-36(52-26(5)44)35(51-25(4)43)34(50-24(3)42)31(54-37)22-48-23(2)41/h8-17,19-20,31,34-37,39-40H,6-7,18,21-22H2,1-5H3/t31-,34-,35+,36-,37?/m1/s1. The summed E-state index contributed by atoms with van der Waals surface area (Å²) in [5.41, 5.74) is 0.671. The molecule has 1 aliphatic heterocycles. The number of carbonyl (C=O) groups is 5. The zero-order valence-electron chi connectivity index (χ0n) is 31.0. The first-order valence-corrected chi connectivity index (χ1v) is 18.9. The summed E-state index contributed by atoms with van der Waals surface area (Å²) in [5.74, 6) is -4.26. The maximum Gasteiger partial charge on any atom is 0.338 e. The van der Waals surface area contributed by atoms with E-state index in [-0.39, 0.29) is 29.4 Å². The van der Waals surface area contributed by atoms with Crippen molar-refractivity contribution in [3.63, 3.8) is 0 Å². The summed E-state index contributed by atoms with van der Waals surface area (Å²) in [6.07, 6.45) is -6.77. The van der Waals surface area contributed by atoms with Gasteiger partial charge in [-0.1, -0.05) is 61.9 Å². The van der Waals surface area contributed by atoms with Gasteiger partial charge in [-0.2, -0.15) is 4.72 Å². The minimum Gasteiger partial charge on any atom is -0.463 e. The normalized spacial score (nSPS) is 19.3. The molecule has 296 valence electrons. The summed E-state index contributed by atoms with van der Waals surface area (Å²) >= 11 is 0. The number of nitrogens with one attached hydrogen (secondary N) is 2. The van der Waals surface area contributed by atoms with E-state index in [1.54, 1.807) is 60.7 Å². The number of hydrogen-bond acceptors (Lipinski definition) is 15. The summed E-state index contributed by atoms with van der Waals surface area (Å²) in [5, 5.41) is 3.16. The van der Waals surface area contributed by atoms with E-state index in [2.05, 4.69) is 10.0 Å². The highest BCUT2D eigenvalue weighted by Crippen LogP contribution is 2.39. The van der Waals surface area contributed by atoms with E-state index in [1.165, 1.54) is 6.07 Å². The molecule has 0 saturated carbocycles. The predicted octanol–water partition coefficient (Wildman–Crippen LogP) is 4.41. The van der Waals surface area contributed by atoms with E-state index in [0.29, 0.717) is 18.5 Å². The van der Waals surface area contributed by atoms with Gasteiger partial charge in [0.05, 0.1) is 11.3 Å². The monoisotopic (exact) mass is 784 g/mol. The highest BCUT2D eigenvalue weighted by atomic mass is 32.2. The minimum absolute atomic E-state index is 0.106. The topological polar surface area (TPSA) is 208 Å². The molecule has 1 fully saturated rings. The van der Waals surface area contributed by atoms with Crippen LogP contribution in [0.2, 0.25) is 0 Å². The van der Waals surface area contributed by atoms with Gasteiger partial charge in [-0.3, -0.25) is 19.2 Å². The van der Waals surface area contributed by atoms with Crippen molar-refractivity contribution in [3.8, 4) is 11.5 Å². The number of carbonyl (C=O) groups excluding carboxylic acids is 5. The average molecular weight is 785 g/mol. The van der Waals surface area contributed by atoms with Crippen LogP contribution in [0.25, 0.3) is 0 Å². The van der Waals surface area contributed by atoms with Gasteiger partial charge in [-0.15, -0.1) is 0 Å². The van der Waals surface area contributed by atoms with E-state index >= 15 is 0 Å². The van der Waals surface area contributed by atoms with Gasteiger partial charge in [-0.25, -0.2) is 13.2 Å². The Hall–Kier alpha value is -5.52. The van der Waals surface area contributed by atoms with Crippen molar-refractivity contribution >= 4 is 45.6 Å². The molecular formula is C38H44N2O14S. The molecule has 3 aromatic rings. The zero-order chi connectivity index (χ0) is 40.1. The molecule has 1 saturated heterocycles. The summed E-state index contributed by atoms with van der Waals surface area (Å²) in [6, 6.07) is 19.6. The first kappa shape index (κ1) is 42.2. The van der Waals surface area contributed by atoms with Crippen LogP contribution in [-0.2, 0) is 64.2 Å². The van der Waals surface area contributed by atoms with Crippen molar-refractivity contribution in [2.75, 3.05) is 18.5 Å². The molecule has 0 radical (unpaired) electrons. The third-order valence-electron chi connectivity index (χ3n) is 7.86. The predicted molar refractivity (Wildman–Crippen MR) is 194 cm³/mol. The molecule has 0 aromatic heterocycles. The maximum atomic E-state index is 14.7. The Labute approximate surface area is 318 Å². The summed E-state index contributed by atoms with van der Waals surface area (Å²) in [7, 11) is -4.90. The van der Waals surface area contributed by atoms with Crippen LogP contribution in [0.1, 0.15) is 63.4 Å². The van der Waals surface area contributed by atoms with E-state index in [9.17, 15) is 32.4 Å². The molecule has 2 N–H and O–H groups in total. The molecule has 1 heterocycles. The lowest BCUT2D eigenvalue weighted by atomic mass is 9.97. The Balaban J connectivity index is 1.86. The second kappa shape index (κ2) is 19.7. The molecule has 3 aromatic carbocycles. The largest absolute Gasteiger partial charge is 0.463 e. The van der Waals surface area contributed by atoms with Gasteiger partial charge in [0, 0.05) is 34.2 Å². The van der Waals surface area contributed by atoms with Gasteiger partial charge < -0.3 is 38.5 Å². The smallest absolute Gasteiger partial charge is 0.338 e. The van der Waals surface area contributed by atoms with Gasteiger partial charge in [0.25, 0.3) is 0 Å². The minimum atomic E-state index is -4.90. The van der Waals surface area contributed by atoms with Crippen molar-refractivity contribution in [2.24, 2.45) is 0 Å². The van der Waals surface area contributed by atoms with E-state index in [0.717, 1.165) is 40.2 Å². The Kier molecular flexibility index (Phi) is 15.1. The lowest BCUT2D eigenvalue weighted by Gasteiger charge is -2.44. The van der Waals surface area contributed by atoms with Crippen LogP contribution in [0.5, 0.6) is 11.5 Å². The molecule has 0 amide bonds. The Morgan fingerprint density at radius 2 is 1.35 bits per heavy atom. The summed E-state index contributed by atoms with van der Waals surface area (Å²) in [4.78, 5) is 61.7. The van der Waals surface area contributed by atoms with Gasteiger partial charge >= 0.3 is 29.8 Å². The first-order chi connectivity index (χ1) is 26.2. The van der Waals surface area contributed by atoms with E-state index in [1.807, 2.05) is 6.92 Å². The SMILES string of the molecule is CCCCNc1cc(C(=O)OCc2ccccc2)cc(S(=O)(=O)NC2O[C@H](COC(C)=O)[C@@H](OC(C)=O)[C@H](OC(C)=O)[C@H]2OC(C)=O)c1Oc1ccccc1. The number of sulfonamides is 1. The van der Waals surface area contributed by atoms with Crippen LogP contribution in [0.4, 0.5) is 5.69 Å². The molecule has 0 bridgehead atoms. The molecular weight excluding hydrogens is 740 g/mol. The van der Waals surface area contributed by atoms with Crippen LogP contribution < -0.4 is 14.8 Å². The molecule has 1 aliphatic rings. The van der Waals surface area contributed by atoms with Crippen LogP contribution in [0.3, 0.4) is 0 Å². The third kappa shape index (κ3) is 12.2. The molecule has 4 rings (SSSR count). The number of unbranched alkanes of at least 4 members (excludes halogenated alkanes) is 1. The van der Waals surface area contributed by atoms with Crippen LogP contribution in [0.15, 0.2) is 77.7 Å². The molecule has 0 aliphatic carbocycles. The highest BCUT2D eigenvalue weighted by molar-refractivity contribution is 7.89. The fraction of sp³-hybridized carbons (Fsp3) is 0.395. The second-order valence-electron chi connectivity index (χ2n) is 12.3. The van der Waals surface area contributed by atoms with Crippen LogP contribution in [-0.4, -0.2) is 82.1 Å². The Morgan fingerprint density at radius 1 is 0.745 bits per heavy atom. The van der Waals surface area contributed by atoms with Crippen molar-refractivity contribution in [2.45, 2.75) is 89.6 Å². The van der Waals surface area contributed by atoms with Crippen molar-refractivity contribution in [1.29, 1.82) is 0 Å². The summed E-state index contributed by atoms with van der Waals surface area (Å²) in [6.45, 7) is 5.86. The Morgan fingerprint density at radius 3 is 1.95 bits per heavy atom. The van der Waals surface area contributed by atoms with Gasteiger partial charge in [0.1, 0.15) is 30.0 Å². The number of benzene rings is 3. The number of para-hydroxylation sites is 1. The van der Waals surface area contributed by atoms with Crippen LogP contribution >= 0.6 is 0 Å². The highest BCUT2D eigenvalue weighted by Gasteiger charge is 2.53. The molecule has 17 heteroatoms. The number of rotatable bonds is 17. The fourth-order valence-electron chi connectivity index (χ4n) is 5.51. The fourth-order valence-corrected chi connectivity index (χ4v) is 6.81. The zero-order valence-corrected chi connectivity index (χ0v) is 31.8.